The Hall–Kier alpha value is -3.32. The number of carbonyl (C=O) groups is 1. The zero-order valence-corrected chi connectivity index (χ0v) is 17.9. The predicted molar refractivity (Wildman–Crippen MR) is 117 cm³/mol. The Morgan fingerprint density at radius 2 is 1.77 bits per heavy atom. The first-order chi connectivity index (χ1) is 14.5. The maximum absolute atomic E-state index is 11.9. The first-order valence-electron chi connectivity index (χ1n) is 9.26. The van der Waals surface area contributed by atoms with Crippen LogP contribution in [0.2, 0.25) is 0 Å². The van der Waals surface area contributed by atoms with Gasteiger partial charge in [-0.1, -0.05) is 30.5 Å². The van der Waals surface area contributed by atoms with Gasteiger partial charge in [0.05, 0.1) is 31.2 Å². The van der Waals surface area contributed by atoms with E-state index in [1.54, 1.807) is 20.5 Å². The third-order valence-corrected chi connectivity index (χ3v) is 5.35. The molecule has 1 atom stereocenters. The van der Waals surface area contributed by atoms with Crippen LogP contribution in [0.1, 0.15) is 17.4 Å². The Balaban J connectivity index is 0.000000239. The molecule has 1 unspecified atom stereocenters. The fourth-order valence-corrected chi connectivity index (χ4v) is 3.71. The molecule has 4 rings (SSSR count). The largest absolute Gasteiger partial charge is 0.497 e. The van der Waals surface area contributed by atoms with Crippen molar-refractivity contribution in [2.45, 2.75) is 22.8 Å². The first-order valence-corrected chi connectivity index (χ1v) is 10.1. The van der Waals surface area contributed by atoms with Crippen LogP contribution < -0.4 is 20.1 Å². The summed E-state index contributed by atoms with van der Waals surface area (Å²) in [5.41, 5.74) is 1.23. The molecule has 156 valence electrons. The van der Waals surface area contributed by atoms with E-state index in [4.69, 9.17) is 13.9 Å². The topological polar surface area (TPSA) is 72.7 Å². The van der Waals surface area contributed by atoms with Gasteiger partial charge in [0.25, 0.3) is 5.91 Å². The molecule has 0 saturated carbocycles. The number of ether oxygens (including phenoxy) is 2. The summed E-state index contributed by atoms with van der Waals surface area (Å²) in [6, 6.07) is 17.0. The highest BCUT2D eigenvalue weighted by atomic mass is 32.2. The van der Waals surface area contributed by atoms with Crippen LogP contribution in [0, 0.1) is 6.92 Å². The van der Waals surface area contributed by atoms with Crippen LogP contribution in [0.4, 0.5) is 0 Å². The van der Waals surface area contributed by atoms with Gasteiger partial charge in [-0.05, 0) is 55.0 Å². The lowest BCUT2D eigenvalue weighted by Gasteiger charge is -2.08. The summed E-state index contributed by atoms with van der Waals surface area (Å²) in [6.45, 7) is 5.74. The van der Waals surface area contributed by atoms with E-state index in [1.165, 1.54) is 17.3 Å². The van der Waals surface area contributed by atoms with Crippen molar-refractivity contribution in [1.29, 1.82) is 0 Å². The molecular weight excluding hydrogens is 400 g/mol. The molecule has 2 N–H and O–H groups in total. The van der Waals surface area contributed by atoms with Crippen molar-refractivity contribution in [2.24, 2.45) is 0 Å². The van der Waals surface area contributed by atoms with E-state index in [1.807, 2.05) is 61.5 Å². The molecule has 0 bridgehead atoms. The minimum Gasteiger partial charge on any atom is -0.497 e. The number of methoxy groups -OCH3 is 2. The Kier molecular flexibility index (Phi) is 7.08. The predicted octanol–water partition coefficient (Wildman–Crippen LogP) is 4.67. The van der Waals surface area contributed by atoms with Gasteiger partial charge in [0, 0.05) is 4.90 Å². The van der Waals surface area contributed by atoms with Crippen molar-refractivity contribution in [2.75, 3.05) is 14.2 Å². The van der Waals surface area contributed by atoms with Crippen LogP contribution in [0.15, 0.2) is 87.5 Å². The second kappa shape index (κ2) is 9.93. The van der Waals surface area contributed by atoms with Gasteiger partial charge in [-0.25, -0.2) is 0 Å². The molecular formula is C23H24N2O4S. The number of hydrogen-bond donors (Lipinski definition) is 2. The lowest BCUT2D eigenvalue weighted by atomic mass is 10.2. The molecule has 1 saturated heterocycles. The van der Waals surface area contributed by atoms with Crippen molar-refractivity contribution in [3.63, 3.8) is 0 Å². The molecule has 0 radical (unpaired) electrons. The van der Waals surface area contributed by atoms with E-state index in [2.05, 4.69) is 17.2 Å². The first kappa shape index (κ1) is 21.4. The molecule has 1 amide bonds. The van der Waals surface area contributed by atoms with Crippen LogP contribution in [0.25, 0.3) is 0 Å². The highest BCUT2D eigenvalue weighted by Gasteiger charge is 2.32. The Bertz CT molecular complexity index is 1010. The van der Waals surface area contributed by atoms with Gasteiger partial charge in [0.1, 0.15) is 17.3 Å². The summed E-state index contributed by atoms with van der Waals surface area (Å²) in [4.78, 5) is 13.8. The van der Waals surface area contributed by atoms with Crippen LogP contribution in [0.5, 0.6) is 11.5 Å². The molecule has 3 aromatic rings. The van der Waals surface area contributed by atoms with Gasteiger partial charge in [0.2, 0.25) is 0 Å². The van der Waals surface area contributed by atoms with E-state index < -0.39 is 6.04 Å². The molecule has 1 aliphatic heterocycles. The average Bonchev–Trinajstić information content (AvgIpc) is 3.34. The maximum Gasteiger partial charge on any atom is 0.255 e. The van der Waals surface area contributed by atoms with Crippen LogP contribution in [-0.4, -0.2) is 20.1 Å². The average molecular weight is 425 g/mol. The van der Waals surface area contributed by atoms with E-state index in [0.717, 1.165) is 21.3 Å². The number of rotatable bonds is 5. The van der Waals surface area contributed by atoms with Crippen LogP contribution in [-0.2, 0) is 4.79 Å². The third kappa shape index (κ3) is 5.39. The Morgan fingerprint density at radius 3 is 2.33 bits per heavy atom. The SMILES string of the molecule is C=C1NC(=O)C(c2occc2Sc2ccc(OC)cc2)N1.COc1cccc(C)c1. The fraction of sp³-hybridized carbons (Fsp3) is 0.174. The van der Waals surface area contributed by atoms with Gasteiger partial charge in [0.15, 0.2) is 6.04 Å². The number of amides is 1. The molecule has 6 nitrogen and oxygen atoms in total. The third-order valence-electron chi connectivity index (χ3n) is 4.29. The van der Waals surface area contributed by atoms with Gasteiger partial charge in [-0.15, -0.1) is 0 Å². The van der Waals surface area contributed by atoms with Gasteiger partial charge in [-0.2, -0.15) is 0 Å². The molecule has 0 spiro atoms. The molecule has 1 aliphatic rings. The van der Waals surface area contributed by atoms with E-state index in [0.29, 0.717) is 11.6 Å². The number of carbonyl (C=O) groups excluding carboxylic acids is 1. The highest BCUT2D eigenvalue weighted by molar-refractivity contribution is 7.99. The fourth-order valence-electron chi connectivity index (χ4n) is 2.80. The molecule has 0 aliphatic carbocycles. The van der Waals surface area contributed by atoms with E-state index in [9.17, 15) is 4.79 Å². The summed E-state index contributed by atoms with van der Waals surface area (Å²) >= 11 is 1.53. The van der Waals surface area contributed by atoms with Gasteiger partial charge in [-0.3, -0.25) is 4.79 Å². The maximum atomic E-state index is 11.9. The van der Waals surface area contributed by atoms with Crippen molar-refractivity contribution >= 4 is 17.7 Å². The smallest absolute Gasteiger partial charge is 0.255 e. The standard InChI is InChI=1S/C15H14N2O3S.C8H10O/c1-9-16-13(15(18)17-9)14-12(7-8-20-14)21-11-5-3-10(19-2)4-6-11;1-7-4-3-5-8(6-7)9-2/h3-8,13,16H,1H2,2H3,(H,17,18);3-6H,1-2H3. The second-order valence-electron chi connectivity index (χ2n) is 6.49. The zero-order valence-electron chi connectivity index (χ0n) is 17.1. The monoisotopic (exact) mass is 424 g/mol. The normalized spacial score (nSPS) is 15.0. The van der Waals surface area contributed by atoms with E-state index in [-0.39, 0.29) is 5.91 Å². The molecule has 30 heavy (non-hydrogen) atoms. The summed E-state index contributed by atoms with van der Waals surface area (Å²) in [5.74, 6) is 2.65. The molecule has 2 heterocycles. The number of nitrogens with one attached hydrogen (secondary N) is 2. The summed E-state index contributed by atoms with van der Waals surface area (Å²) in [6.07, 6.45) is 1.58. The number of aryl methyl sites for hydroxylation is 1. The van der Waals surface area contributed by atoms with Gasteiger partial charge >= 0.3 is 0 Å². The van der Waals surface area contributed by atoms with Crippen molar-refractivity contribution in [3.05, 3.63) is 84.6 Å². The molecule has 1 fully saturated rings. The molecule has 7 heteroatoms. The quantitative estimate of drug-likeness (QED) is 0.620. The lowest BCUT2D eigenvalue weighted by Crippen LogP contribution is -2.19. The summed E-state index contributed by atoms with van der Waals surface area (Å²) in [7, 11) is 3.31. The van der Waals surface area contributed by atoms with Crippen molar-refractivity contribution < 1.29 is 18.7 Å². The summed E-state index contributed by atoms with van der Waals surface area (Å²) in [5, 5.41) is 5.60. The van der Waals surface area contributed by atoms with E-state index >= 15 is 0 Å². The molecule has 1 aromatic heterocycles. The minimum atomic E-state index is -0.534. The second-order valence-corrected chi connectivity index (χ2v) is 7.61. The number of benzene rings is 2. The van der Waals surface area contributed by atoms with Crippen LogP contribution >= 0.6 is 11.8 Å². The lowest BCUT2D eigenvalue weighted by molar-refractivity contribution is -0.120. The minimum absolute atomic E-state index is 0.161. The molecule has 2 aromatic carbocycles. The Morgan fingerprint density at radius 1 is 1.03 bits per heavy atom. The highest BCUT2D eigenvalue weighted by Crippen LogP contribution is 2.36. The Labute approximate surface area is 180 Å². The number of hydrogen-bond acceptors (Lipinski definition) is 6. The van der Waals surface area contributed by atoms with Gasteiger partial charge < -0.3 is 24.5 Å². The summed E-state index contributed by atoms with van der Waals surface area (Å²) < 4.78 is 15.6. The number of furan rings is 1. The van der Waals surface area contributed by atoms with Crippen molar-refractivity contribution in [1.82, 2.24) is 10.6 Å². The van der Waals surface area contributed by atoms with Crippen molar-refractivity contribution in [3.8, 4) is 11.5 Å². The zero-order chi connectivity index (χ0) is 21.5. The van der Waals surface area contributed by atoms with Crippen LogP contribution in [0.3, 0.4) is 0 Å².